The van der Waals surface area contributed by atoms with E-state index in [2.05, 4.69) is 0 Å². The Balaban J connectivity index is 2.98. The van der Waals surface area contributed by atoms with Crippen molar-refractivity contribution >= 4 is 5.91 Å². The second-order valence-corrected chi connectivity index (χ2v) is 4.14. The van der Waals surface area contributed by atoms with Crippen molar-refractivity contribution in [3.8, 4) is 11.8 Å². The van der Waals surface area contributed by atoms with Gasteiger partial charge in [-0.25, -0.2) is 0 Å². The smallest absolute Gasteiger partial charge is 0.253 e. The number of carbonyl (C=O) groups is 1. The second kappa shape index (κ2) is 6.65. The number of amides is 1. The molecule has 0 radical (unpaired) electrons. The average Bonchev–Trinajstić information content (AvgIpc) is 2.38. The lowest BCUT2D eigenvalue weighted by atomic mass is 10.1. The normalized spacial score (nSPS) is 9.83. The molecule has 0 aliphatic carbocycles. The van der Waals surface area contributed by atoms with Gasteiger partial charge in [0.05, 0.1) is 5.56 Å². The highest BCUT2D eigenvalue weighted by atomic mass is 16.3. The van der Waals surface area contributed by atoms with E-state index in [1.165, 1.54) is 12.1 Å². The summed E-state index contributed by atoms with van der Waals surface area (Å²) in [6.45, 7) is 5.45. The predicted octanol–water partition coefficient (Wildman–Crippen LogP) is 2.53. The van der Waals surface area contributed by atoms with Gasteiger partial charge < -0.3 is 10.0 Å². The van der Waals surface area contributed by atoms with Crippen molar-refractivity contribution in [1.29, 1.82) is 5.26 Å². The SMILES string of the molecule is CCCN(CCC)C(=O)c1ccc(O)c(C#N)c1. The van der Waals surface area contributed by atoms with Gasteiger partial charge in [0.1, 0.15) is 11.8 Å². The Kier molecular flexibility index (Phi) is 5.19. The molecule has 0 saturated heterocycles. The van der Waals surface area contributed by atoms with E-state index in [4.69, 9.17) is 5.26 Å². The third kappa shape index (κ3) is 3.24. The molecule has 4 heteroatoms. The van der Waals surface area contributed by atoms with Crippen molar-refractivity contribution in [2.24, 2.45) is 0 Å². The van der Waals surface area contributed by atoms with Crippen LogP contribution >= 0.6 is 0 Å². The maximum absolute atomic E-state index is 12.2. The van der Waals surface area contributed by atoms with Gasteiger partial charge in [-0.3, -0.25) is 4.79 Å². The highest BCUT2D eigenvalue weighted by Gasteiger charge is 2.15. The number of phenols is 1. The van der Waals surface area contributed by atoms with Gasteiger partial charge in [0.25, 0.3) is 5.91 Å². The summed E-state index contributed by atoms with van der Waals surface area (Å²) in [5.41, 5.74) is 0.583. The molecule has 0 aromatic heterocycles. The molecule has 4 nitrogen and oxygen atoms in total. The van der Waals surface area contributed by atoms with Crippen LogP contribution in [0.25, 0.3) is 0 Å². The number of carbonyl (C=O) groups excluding carboxylic acids is 1. The van der Waals surface area contributed by atoms with Crippen molar-refractivity contribution < 1.29 is 9.90 Å². The number of hydrogen-bond acceptors (Lipinski definition) is 3. The maximum Gasteiger partial charge on any atom is 0.253 e. The Hall–Kier alpha value is -2.02. The second-order valence-electron chi connectivity index (χ2n) is 4.14. The number of hydrogen-bond donors (Lipinski definition) is 1. The van der Waals surface area contributed by atoms with Crippen LogP contribution in [0.4, 0.5) is 0 Å². The first-order valence-electron chi connectivity index (χ1n) is 6.16. The first-order valence-corrected chi connectivity index (χ1v) is 6.16. The minimum Gasteiger partial charge on any atom is -0.507 e. The molecule has 0 saturated carbocycles. The van der Waals surface area contributed by atoms with Crippen molar-refractivity contribution in [3.63, 3.8) is 0 Å². The van der Waals surface area contributed by atoms with Gasteiger partial charge in [-0.05, 0) is 31.0 Å². The Morgan fingerprint density at radius 1 is 1.33 bits per heavy atom. The molecule has 0 spiro atoms. The fraction of sp³-hybridized carbons (Fsp3) is 0.429. The molecule has 1 amide bonds. The lowest BCUT2D eigenvalue weighted by molar-refractivity contribution is 0.0755. The van der Waals surface area contributed by atoms with Gasteiger partial charge in [0.15, 0.2) is 0 Å². The first-order chi connectivity index (χ1) is 8.63. The minimum absolute atomic E-state index is 0.0878. The average molecular weight is 246 g/mol. The number of rotatable bonds is 5. The summed E-state index contributed by atoms with van der Waals surface area (Å²) in [5.74, 6) is -0.179. The quantitative estimate of drug-likeness (QED) is 0.868. The van der Waals surface area contributed by atoms with Gasteiger partial charge in [0.2, 0.25) is 0 Å². The van der Waals surface area contributed by atoms with E-state index in [9.17, 15) is 9.90 Å². The highest BCUT2D eigenvalue weighted by molar-refractivity contribution is 5.94. The van der Waals surface area contributed by atoms with Crippen molar-refractivity contribution in [3.05, 3.63) is 29.3 Å². The topological polar surface area (TPSA) is 64.3 Å². The van der Waals surface area contributed by atoms with Crippen LogP contribution in [0.3, 0.4) is 0 Å². The van der Waals surface area contributed by atoms with E-state index in [0.29, 0.717) is 18.7 Å². The fourth-order valence-corrected chi connectivity index (χ4v) is 1.80. The zero-order valence-corrected chi connectivity index (χ0v) is 10.8. The summed E-state index contributed by atoms with van der Waals surface area (Å²) in [5, 5.41) is 18.2. The maximum atomic E-state index is 12.2. The van der Waals surface area contributed by atoms with Crippen LogP contribution < -0.4 is 0 Å². The van der Waals surface area contributed by atoms with Crippen LogP contribution in [0.5, 0.6) is 5.75 Å². The largest absolute Gasteiger partial charge is 0.507 e. The van der Waals surface area contributed by atoms with E-state index >= 15 is 0 Å². The first kappa shape index (κ1) is 14.0. The van der Waals surface area contributed by atoms with Crippen LogP contribution in [0.15, 0.2) is 18.2 Å². The predicted molar refractivity (Wildman–Crippen MR) is 69.3 cm³/mol. The van der Waals surface area contributed by atoms with Gasteiger partial charge in [-0.2, -0.15) is 5.26 Å². The third-order valence-electron chi connectivity index (χ3n) is 2.64. The molecule has 0 aliphatic rings. The summed E-state index contributed by atoms with van der Waals surface area (Å²) in [4.78, 5) is 14.0. The van der Waals surface area contributed by atoms with Gasteiger partial charge >= 0.3 is 0 Å². The lowest BCUT2D eigenvalue weighted by Gasteiger charge is -2.21. The third-order valence-corrected chi connectivity index (χ3v) is 2.64. The summed E-state index contributed by atoms with van der Waals surface area (Å²) in [7, 11) is 0. The highest BCUT2D eigenvalue weighted by Crippen LogP contribution is 2.18. The molecule has 18 heavy (non-hydrogen) atoms. The Morgan fingerprint density at radius 2 is 1.94 bits per heavy atom. The molecule has 1 N–H and O–H groups in total. The molecular formula is C14H18N2O2. The number of aromatic hydroxyl groups is 1. The summed E-state index contributed by atoms with van der Waals surface area (Å²) >= 11 is 0. The minimum atomic E-state index is -0.0911. The number of phenolic OH excluding ortho intramolecular Hbond substituents is 1. The van der Waals surface area contributed by atoms with Crippen LogP contribution in [0.2, 0.25) is 0 Å². The summed E-state index contributed by atoms with van der Waals surface area (Å²) in [6.07, 6.45) is 1.80. The zero-order chi connectivity index (χ0) is 13.5. The van der Waals surface area contributed by atoms with E-state index in [0.717, 1.165) is 12.8 Å². The standard InChI is InChI=1S/C14H18N2O2/c1-3-7-16(8-4-2)14(18)11-5-6-13(17)12(9-11)10-15/h5-6,9,17H,3-4,7-8H2,1-2H3. The van der Waals surface area contributed by atoms with Crippen LogP contribution in [-0.4, -0.2) is 29.0 Å². The Bertz CT molecular complexity index is 457. The number of nitrogens with zero attached hydrogens (tertiary/aromatic N) is 2. The van der Waals surface area contributed by atoms with Gasteiger partial charge in [-0.15, -0.1) is 0 Å². The van der Waals surface area contributed by atoms with E-state index in [1.54, 1.807) is 11.0 Å². The number of benzene rings is 1. The van der Waals surface area contributed by atoms with Crippen LogP contribution in [0, 0.1) is 11.3 Å². The molecule has 0 fully saturated rings. The molecule has 0 atom stereocenters. The molecular weight excluding hydrogens is 228 g/mol. The molecule has 0 aliphatic heterocycles. The zero-order valence-electron chi connectivity index (χ0n) is 10.8. The monoisotopic (exact) mass is 246 g/mol. The molecule has 0 unspecified atom stereocenters. The molecule has 1 rings (SSSR count). The lowest BCUT2D eigenvalue weighted by Crippen LogP contribution is -2.32. The number of nitriles is 1. The van der Waals surface area contributed by atoms with E-state index < -0.39 is 0 Å². The molecule has 0 heterocycles. The Morgan fingerprint density at radius 3 is 2.44 bits per heavy atom. The molecule has 1 aromatic rings. The van der Waals surface area contributed by atoms with Crippen molar-refractivity contribution in [2.75, 3.05) is 13.1 Å². The summed E-state index contributed by atoms with van der Waals surface area (Å²) < 4.78 is 0. The van der Waals surface area contributed by atoms with Crippen LogP contribution in [-0.2, 0) is 0 Å². The molecule has 1 aromatic carbocycles. The van der Waals surface area contributed by atoms with Crippen molar-refractivity contribution in [1.82, 2.24) is 4.90 Å². The van der Waals surface area contributed by atoms with Crippen molar-refractivity contribution in [2.45, 2.75) is 26.7 Å². The molecule has 96 valence electrons. The summed E-state index contributed by atoms with van der Waals surface area (Å²) in [6, 6.07) is 6.26. The Labute approximate surface area is 107 Å². The fourth-order valence-electron chi connectivity index (χ4n) is 1.80. The van der Waals surface area contributed by atoms with E-state index in [-0.39, 0.29) is 17.2 Å². The van der Waals surface area contributed by atoms with E-state index in [1.807, 2.05) is 19.9 Å². The van der Waals surface area contributed by atoms with Gasteiger partial charge in [-0.1, -0.05) is 13.8 Å². The van der Waals surface area contributed by atoms with Crippen LogP contribution in [0.1, 0.15) is 42.6 Å². The van der Waals surface area contributed by atoms with Gasteiger partial charge in [0, 0.05) is 18.7 Å². The molecule has 0 bridgehead atoms.